The second-order valence-electron chi connectivity index (χ2n) is 15.7. The molecule has 60 heavy (non-hydrogen) atoms. The lowest BCUT2D eigenvalue weighted by molar-refractivity contribution is 1.18. The summed E-state index contributed by atoms with van der Waals surface area (Å²) in [5.74, 6) is 0. The van der Waals surface area contributed by atoms with E-state index >= 15 is 0 Å². The molecule has 12 rings (SSSR count). The summed E-state index contributed by atoms with van der Waals surface area (Å²) in [7, 11) is 0. The van der Waals surface area contributed by atoms with E-state index in [4.69, 9.17) is 0 Å². The number of rotatable bonds is 6. The minimum absolute atomic E-state index is 1.14. The van der Waals surface area contributed by atoms with Crippen molar-refractivity contribution in [3.8, 4) is 55.9 Å². The molecule has 0 aliphatic carbocycles. The molecule has 0 unspecified atom stereocenters. The molecule has 0 bridgehead atoms. The zero-order valence-corrected chi connectivity index (χ0v) is 32.8. The Hall–Kier alpha value is -7.94. The van der Waals surface area contributed by atoms with Crippen LogP contribution in [0.4, 0.5) is 0 Å². The predicted octanol–water partition coefficient (Wildman–Crippen LogP) is 15.7. The molecule has 10 aromatic carbocycles. The molecule has 280 valence electrons. The van der Waals surface area contributed by atoms with Crippen LogP contribution in [0.3, 0.4) is 0 Å². The fraction of sp³-hybridized carbons (Fsp3) is 0. The molecule has 0 saturated heterocycles. The van der Waals surface area contributed by atoms with Crippen molar-refractivity contribution in [2.45, 2.75) is 0 Å². The predicted molar refractivity (Wildman–Crippen MR) is 254 cm³/mol. The van der Waals surface area contributed by atoms with Gasteiger partial charge in [-0.25, -0.2) is 0 Å². The van der Waals surface area contributed by atoms with Crippen LogP contribution in [0.25, 0.3) is 110 Å². The number of para-hydroxylation sites is 3. The molecule has 0 radical (unpaired) electrons. The van der Waals surface area contributed by atoms with Crippen LogP contribution in [0.1, 0.15) is 0 Å². The van der Waals surface area contributed by atoms with Crippen molar-refractivity contribution in [3.63, 3.8) is 0 Å². The molecular formula is C58H38N2. The third kappa shape index (κ3) is 5.42. The second-order valence-corrected chi connectivity index (χ2v) is 15.7. The Balaban J connectivity index is 0.985. The van der Waals surface area contributed by atoms with Crippen LogP contribution < -0.4 is 0 Å². The highest BCUT2D eigenvalue weighted by atomic mass is 15.0. The Morgan fingerprint density at radius 3 is 1.45 bits per heavy atom. The van der Waals surface area contributed by atoms with Gasteiger partial charge in [-0.1, -0.05) is 182 Å². The molecule has 0 aliphatic rings. The maximum Gasteiger partial charge on any atom is 0.0547 e. The monoisotopic (exact) mass is 762 g/mol. The summed E-state index contributed by atoms with van der Waals surface area (Å²) in [6.07, 6.45) is 0. The minimum Gasteiger partial charge on any atom is -0.309 e. The number of fused-ring (bicyclic) bond motifs is 7. The third-order valence-electron chi connectivity index (χ3n) is 12.3. The van der Waals surface area contributed by atoms with Gasteiger partial charge in [0.1, 0.15) is 0 Å². The van der Waals surface area contributed by atoms with Gasteiger partial charge in [0.25, 0.3) is 0 Å². The highest BCUT2D eigenvalue weighted by molar-refractivity contribution is 6.13. The van der Waals surface area contributed by atoms with Gasteiger partial charge in [0.15, 0.2) is 0 Å². The topological polar surface area (TPSA) is 9.86 Å². The number of benzene rings is 10. The Morgan fingerprint density at radius 2 is 0.733 bits per heavy atom. The Labute approximate surface area is 348 Å². The first-order valence-corrected chi connectivity index (χ1v) is 20.7. The normalized spacial score (nSPS) is 11.7. The van der Waals surface area contributed by atoms with Gasteiger partial charge in [-0.2, -0.15) is 0 Å². The molecule has 0 saturated carbocycles. The first-order chi connectivity index (χ1) is 29.8. The first-order valence-electron chi connectivity index (χ1n) is 20.7. The zero-order chi connectivity index (χ0) is 39.6. The fourth-order valence-electron chi connectivity index (χ4n) is 9.60. The number of hydrogen-bond acceptors (Lipinski definition) is 0. The van der Waals surface area contributed by atoms with Gasteiger partial charge in [-0.15, -0.1) is 0 Å². The molecule has 0 aliphatic heterocycles. The van der Waals surface area contributed by atoms with Crippen molar-refractivity contribution in [1.29, 1.82) is 0 Å². The van der Waals surface area contributed by atoms with Crippen molar-refractivity contribution in [2.24, 2.45) is 0 Å². The van der Waals surface area contributed by atoms with Gasteiger partial charge in [0, 0.05) is 32.8 Å². The highest BCUT2D eigenvalue weighted by Crippen LogP contribution is 2.41. The van der Waals surface area contributed by atoms with E-state index in [0.717, 1.165) is 5.69 Å². The van der Waals surface area contributed by atoms with E-state index in [2.05, 4.69) is 240 Å². The zero-order valence-electron chi connectivity index (χ0n) is 32.8. The van der Waals surface area contributed by atoms with Crippen LogP contribution in [-0.2, 0) is 0 Å². The lowest BCUT2D eigenvalue weighted by atomic mass is 9.91. The molecule has 2 heterocycles. The van der Waals surface area contributed by atoms with Crippen molar-refractivity contribution >= 4 is 54.4 Å². The smallest absolute Gasteiger partial charge is 0.0547 e. The van der Waals surface area contributed by atoms with Crippen LogP contribution in [-0.4, -0.2) is 9.13 Å². The van der Waals surface area contributed by atoms with Crippen molar-refractivity contribution in [1.82, 2.24) is 9.13 Å². The van der Waals surface area contributed by atoms with Crippen LogP contribution in [0.15, 0.2) is 231 Å². The third-order valence-corrected chi connectivity index (χ3v) is 12.3. The summed E-state index contributed by atoms with van der Waals surface area (Å²) in [4.78, 5) is 0. The van der Waals surface area contributed by atoms with Gasteiger partial charge < -0.3 is 9.13 Å². The molecule has 2 aromatic heterocycles. The molecule has 0 atom stereocenters. The van der Waals surface area contributed by atoms with Crippen LogP contribution >= 0.6 is 0 Å². The van der Waals surface area contributed by atoms with Gasteiger partial charge in [0.2, 0.25) is 0 Å². The first kappa shape index (κ1) is 34.1. The van der Waals surface area contributed by atoms with Crippen molar-refractivity contribution < 1.29 is 0 Å². The maximum atomic E-state index is 2.45. The van der Waals surface area contributed by atoms with Crippen molar-refractivity contribution in [3.05, 3.63) is 231 Å². The number of aromatic nitrogens is 2. The molecule has 2 nitrogen and oxygen atoms in total. The van der Waals surface area contributed by atoms with Crippen molar-refractivity contribution in [2.75, 3.05) is 0 Å². The van der Waals surface area contributed by atoms with Gasteiger partial charge >= 0.3 is 0 Å². The summed E-state index contributed by atoms with van der Waals surface area (Å²) in [5, 5.41) is 7.51. The Bertz CT molecular complexity index is 3570. The van der Waals surface area contributed by atoms with E-state index in [1.807, 2.05) is 0 Å². The van der Waals surface area contributed by atoms with E-state index in [9.17, 15) is 0 Å². The molecule has 12 aromatic rings. The molecule has 0 amide bonds. The summed E-state index contributed by atoms with van der Waals surface area (Å²) < 4.78 is 4.86. The molecule has 0 N–H and O–H groups in total. The lowest BCUT2D eigenvalue weighted by Crippen LogP contribution is -1.97. The molecule has 2 heteroatoms. The lowest BCUT2D eigenvalue weighted by Gasteiger charge is -2.14. The van der Waals surface area contributed by atoms with E-state index in [1.165, 1.54) is 105 Å². The average molecular weight is 763 g/mol. The largest absolute Gasteiger partial charge is 0.309 e. The van der Waals surface area contributed by atoms with E-state index in [1.54, 1.807) is 0 Å². The number of hydrogen-bond donors (Lipinski definition) is 0. The standard InChI is InChI=1S/C58H38N2/c1-3-15-39(16-4-1)46-21-7-10-26-53(46)60-55-28-12-8-22-49(55)51-35-31-44(38-57(51)60)43-32-36-56-52(37-43)50-23-9-11-27-54(50)59(56)45-33-29-41(30-34-45)48-25-14-20-42-19-13-24-47(58(42)48)40-17-5-2-6-18-40/h1-38H. The summed E-state index contributed by atoms with van der Waals surface area (Å²) in [5.41, 5.74) is 16.8. The number of nitrogens with zero attached hydrogens (tertiary/aromatic N) is 2. The maximum absolute atomic E-state index is 2.45. The van der Waals surface area contributed by atoms with E-state index in [-0.39, 0.29) is 0 Å². The van der Waals surface area contributed by atoms with Crippen LogP contribution in [0.5, 0.6) is 0 Å². The van der Waals surface area contributed by atoms with Gasteiger partial charge in [0.05, 0.1) is 27.8 Å². The van der Waals surface area contributed by atoms with E-state index < -0.39 is 0 Å². The second kappa shape index (κ2) is 13.9. The SMILES string of the molecule is c1ccc(-c2ccccc2-n2c3ccccc3c3ccc(-c4ccc5c(c4)c4ccccc4n5-c4ccc(-c5cccc6cccc(-c7ccccc7)c56)cc4)cc32)cc1. The highest BCUT2D eigenvalue weighted by Gasteiger charge is 2.18. The summed E-state index contributed by atoms with van der Waals surface area (Å²) in [6.45, 7) is 0. The average Bonchev–Trinajstić information content (AvgIpc) is 3.84. The summed E-state index contributed by atoms with van der Waals surface area (Å²) in [6, 6.07) is 84.1. The van der Waals surface area contributed by atoms with Crippen LogP contribution in [0.2, 0.25) is 0 Å². The Morgan fingerprint density at radius 1 is 0.250 bits per heavy atom. The molecule has 0 spiro atoms. The fourth-order valence-corrected chi connectivity index (χ4v) is 9.60. The van der Waals surface area contributed by atoms with Gasteiger partial charge in [-0.05, 0) is 98.2 Å². The molecule has 0 fully saturated rings. The van der Waals surface area contributed by atoms with E-state index in [0.29, 0.717) is 0 Å². The minimum atomic E-state index is 1.14. The van der Waals surface area contributed by atoms with Crippen LogP contribution in [0, 0.1) is 0 Å². The van der Waals surface area contributed by atoms with Gasteiger partial charge in [-0.3, -0.25) is 0 Å². The molecular weight excluding hydrogens is 725 g/mol. The quantitative estimate of drug-likeness (QED) is 0.160. The summed E-state index contributed by atoms with van der Waals surface area (Å²) >= 11 is 0. The Kier molecular flexibility index (Phi) is 7.89.